The first-order chi connectivity index (χ1) is 16.8. The number of aromatic nitrogens is 1. The van der Waals surface area contributed by atoms with Crippen molar-refractivity contribution in [3.05, 3.63) is 65.4 Å². The number of nitrogens with zero attached hydrogens (tertiary/aromatic N) is 1. The molecule has 1 fully saturated rings. The minimum atomic E-state index is -0.324. The van der Waals surface area contributed by atoms with Gasteiger partial charge in [-0.1, -0.05) is 57.0 Å². The molecule has 6 heteroatoms. The lowest BCUT2D eigenvalue weighted by Gasteiger charge is -2.36. The highest BCUT2D eigenvalue weighted by molar-refractivity contribution is 8.00. The zero-order valence-electron chi connectivity index (χ0n) is 21.5. The molecular weight excluding hydrogens is 454 g/mol. The van der Waals surface area contributed by atoms with Crippen molar-refractivity contribution < 1.29 is 9.53 Å². The van der Waals surface area contributed by atoms with Crippen LogP contribution < -0.4 is 5.32 Å². The summed E-state index contributed by atoms with van der Waals surface area (Å²) in [6, 6.07) is 15.4. The molecule has 0 radical (unpaired) electrons. The van der Waals surface area contributed by atoms with Crippen molar-refractivity contribution in [2.24, 2.45) is 0 Å². The van der Waals surface area contributed by atoms with Crippen molar-refractivity contribution in [3.8, 4) is 0 Å². The van der Waals surface area contributed by atoms with Crippen LogP contribution in [0.3, 0.4) is 0 Å². The Morgan fingerprint density at radius 3 is 2.83 bits per heavy atom. The van der Waals surface area contributed by atoms with Crippen LogP contribution in [0.25, 0.3) is 10.9 Å². The van der Waals surface area contributed by atoms with Crippen molar-refractivity contribution in [1.82, 2.24) is 15.2 Å². The number of aromatic amines is 1. The van der Waals surface area contributed by atoms with E-state index in [-0.39, 0.29) is 16.9 Å². The third kappa shape index (κ3) is 7.28. The van der Waals surface area contributed by atoms with E-state index in [4.69, 9.17) is 4.74 Å². The Balaban J connectivity index is 1.28. The van der Waals surface area contributed by atoms with Gasteiger partial charge in [-0.05, 0) is 62.1 Å². The van der Waals surface area contributed by atoms with Crippen LogP contribution in [-0.4, -0.2) is 46.5 Å². The molecule has 1 amide bonds. The third-order valence-electron chi connectivity index (χ3n) is 6.50. The lowest BCUT2D eigenvalue weighted by molar-refractivity contribution is 0.0636. The number of likely N-dealkylation sites (tertiary alicyclic amines) is 1. The maximum absolute atomic E-state index is 12.4. The Hall–Kier alpha value is -2.44. The van der Waals surface area contributed by atoms with Crippen molar-refractivity contribution >= 4 is 28.8 Å². The lowest BCUT2D eigenvalue weighted by Crippen LogP contribution is -2.43. The zero-order chi connectivity index (χ0) is 24.8. The summed E-state index contributed by atoms with van der Waals surface area (Å²) in [6.07, 6.45) is 5.93. The molecule has 1 unspecified atom stereocenters. The van der Waals surface area contributed by atoms with Crippen molar-refractivity contribution in [1.29, 1.82) is 0 Å². The van der Waals surface area contributed by atoms with Crippen LogP contribution in [-0.2, 0) is 17.7 Å². The number of carbonyl (C=O) groups excluding carboxylic acids is 1. The molecule has 2 heterocycles. The van der Waals surface area contributed by atoms with Crippen LogP contribution in [0, 0.1) is 6.92 Å². The molecule has 2 aromatic carbocycles. The van der Waals surface area contributed by atoms with Crippen molar-refractivity contribution in [2.75, 3.05) is 19.7 Å². The number of hydrogen-bond donors (Lipinski definition) is 2. The lowest BCUT2D eigenvalue weighted by atomic mass is 10.0. The largest absolute Gasteiger partial charge is 0.448 e. The van der Waals surface area contributed by atoms with E-state index >= 15 is 0 Å². The molecule has 0 aliphatic carbocycles. The summed E-state index contributed by atoms with van der Waals surface area (Å²) in [5.41, 5.74) is 4.95. The number of ether oxygens (including phenoxy) is 1. The number of benzene rings is 2. The average molecular weight is 494 g/mol. The number of H-pyrrole nitrogens is 1. The zero-order valence-corrected chi connectivity index (χ0v) is 22.3. The number of aryl methyl sites for hydroxylation is 1. The minimum absolute atomic E-state index is 0.171. The molecule has 1 aliphatic heterocycles. The second kappa shape index (κ2) is 11.5. The summed E-state index contributed by atoms with van der Waals surface area (Å²) in [4.78, 5) is 19.6. The molecule has 1 aromatic heterocycles. The molecule has 0 saturated carbocycles. The quantitative estimate of drug-likeness (QED) is 0.343. The van der Waals surface area contributed by atoms with Gasteiger partial charge in [0, 0.05) is 45.9 Å². The maximum Gasteiger partial charge on any atom is 0.407 e. The van der Waals surface area contributed by atoms with Gasteiger partial charge in [-0.2, -0.15) is 0 Å². The molecule has 4 rings (SSSR count). The fourth-order valence-corrected chi connectivity index (χ4v) is 5.83. The van der Waals surface area contributed by atoms with Crippen LogP contribution in [0.2, 0.25) is 0 Å². The SMILES string of the molecule is Cc1ccc2[nH]cc(CCNC(=O)OCC3CCCCN3Cc3ccccc3SC(C)(C)C)c2c1. The number of amides is 1. The first-order valence-corrected chi connectivity index (χ1v) is 13.6. The van der Waals surface area contributed by atoms with Gasteiger partial charge in [0.05, 0.1) is 0 Å². The summed E-state index contributed by atoms with van der Waals surface area (Å²) < 4.78 is 5.85. The molecular formula is C29H39N3O2S. The van der Waals surface area contributed by atoms with Crippen LogP contribution in [0.5, 0.6) is 0 Å². The summed E-state index contributed by atoms with van der Waals surface area (Å²) in [7, 11) is 0. The molecule has 0 bridgehead atoms. The Morgan fingerprint density at radius 2 is 2.00 bits per heavy atom. The van der Waals surface area contributed by atoms with Gasteiger partial charge < -0.3 is 15.0 Å². The Kier molecular flexibility index (Phi) is 8.45. The summed E-state index contributed by atoms with van der Waals surface area (Å²) in [5.74, 6) is 0. The van der Waals surface area contributed by atoms with E-state index in [1.165, 1.54) is 39.8 Å². The summed E-state index contributed by atoms with van der Waals surface area (Å²) in [5, 5.41) is 4.17. The van der Waals surface area contributed by atoms with Gasteiger partial charge in [0.2, 0.25) is 0 Å². The van der Waals surface area contributed by atoms with Gasteiger partial charge in [0.1, 0.15) is 6.61 Å². The molecule has 188 valence electrons. The van der Waals surface area contributed by atoms with Gasteiger partial charge in [0.15, 0.2) is 0 Å². The van der Waals surface area contributed by atoms with E-state index < -0.39 is 0 Å². The highest BCUT2D eigenvalue weighted by Crippen LogP contribution is 2.35. The molecule has 5 nitrogen and oxygen atoms in total. The van der Waals surface area contributed by atoms with Gasteiger partial charge >= 0.3 is 6.09 Å². The smallest absolute Gasteiger partial charge is 0.407 e. The Labute approximate surface area is 214 Å². The Bertz CT molecular complexity index is 1130. The fraction of sp³-hybridized carbons (Fsp3) is 0.483. The standard InChI is InChI=1S/C29H39N3O2S/c1-21-12-13-26-25(17-21)22(18-31-26)14-15-30-28(33)34-20-24-10-7-8-16-32(24)19-23-9-5-6-11-27(23)35-29(2,3)4/h5-6,9,11-13,17-18,24,31H,7-8,10,14-16,19-20H2,1-4H3,(H,30,33). The van der Waals surface area contributed by atoms with E-state index in [0.717, 1.165) is 31.4 Å². The van der Waals surface area contributed by atoms with Crippen LogP contribution in [0.15, 0.2) is 53.6 Å². The average Bonchev–Trinajstić information content (AvgIpc) is 3.21. The van der Waals surface area contributed by atoms with Gasteiger partial charge in [-0.25, -0.2) is 4.79 Å². The number of nitrogens with one attached hydrogen (secondary N) is 2. The minimum Gasteiger partial charge on any atom is -0.448 e. The normalized spacial score (nSPS) is 17.0. The van der Waals surface area contributed by atoms with E-state index in [2.05, 4.69) is 85.4 Å². The predicted octanol–water partition coefficient (Wildman–Crippen LogP) is 6.69. The molecule has 1 atom stereocenters. The van der Waals surface area contributed by atoms with Crippen LogP contribution in [0.4, 0.5) is 4.79 Å². The van der Waals surface area contributed by atoms with Crippen LogP contribution in [0.1, 0.15) is 56.7 Å². The van der Waals surface area contributed by atoms with Crippen molar-refractivity contribution in [2.45, 2.75) is 75.6 Å². The molecule has 3 aromatic rings. The monoisotopic (exact) mass is 493 g/mol. The van der Waals surface area contributed by atoms with E-state index in [0.29, 0.717) is 13.2 Å². The number of hydrogen-bond acceptors (Lipinski definition) is 4. The van der Waals surface area contributed by atoms with Crippen molar-refractivity contribution in [3.63, 3.8) is 0 Å². The third-order valence-corrected chi connectivity index (χ3v) is 7.74. The number of thioether (sulfide) groups is 1. The van der Waals surface area contributed by atoms with Gasteiger partial charge in [0.25, 0.3) is 0 Å². The number of carbonyl (C=O) groups is 1. The van der Waals surface area contributed by atoms with E-state index in [9.17, 15) is 4.79 Å². The number of fused-ring (bicyclic) bond motifs is 1. The predicted molar refractivity (Wildman–Crippen MR) is 146 cm³/mol. The molecule has 1 aliphatic rings. The Morgan fingerprint density at radius 1 is 1.17 bits per heavy atom. The highest BCUT2D eigenvalue weighted by Gasteiger charge is 2.25. The first kappa shape index (κ1) is 25.6. The number of piperidine rings is 1. The topological polar surface area (TPSA) is 57.4 Å². The summed E-state index contributed by atoms with van der Waals surface area (Å²) in [6.45, 7) is 11.8. The second-order valence-electron chi connectivity index (χ2n) is 10.6. The highest BCUT2D eigenvalue weighted by atomic mass is 32.2. The second-order valence-corrected chi connectivity index (χ2v) is 12.4. The molecule has 0 spiro atoms. The molecule has 1 saturated heterocycles. The van der Waals surface area contributed by atoms with Gasteiger partial charge in [-0.3, -0.25) is 4.90 Å². The first-order valence-electron chi connectivity index (χ1n) is 12.8. The molecule has 35 heavy (non-hydrogen) atoms. The van der Waals surface area contributed by atoms with Gasteiger partial charge in [-0.15, -0.1) is 11.8 Å². The van der Waals surface area contributed by atoms with E-state index in [1.807, 2.05) is 18.0 Å². The van der Waals surface area contributed by atoms with E-state index in [1.54, 1.807) is 0 Å². The number of alkyl carbamates (subject to hydrolysis) is 1. The number of rotatable bonds is 8. The fourth-order valence-electron chi connectivity index (χ4n) is 4.76. The maximum atomic E-state index is 12.4. The summed E-state index contributed by atoms with van der Waals surface area (Å²) >= 11 is 1.92. The van der Waals surface area contributed by atoms with Crippen LogP contribution >= 0.6 is 11.8 Å². The molecule has 2 N–H and O–H groups in total.